The summed E-state index contributed by atoms with van der Waals surface area (Å²) in [5.41, 5.74) is 2.36. The van der Waals surface area contributed by atoms with Crippen molar-refractivity contribution in [2.45, 2.75) is 25.3 Å². The third-order valence-corrected chi connectivity index (χ3v) is 4.94. The van der Waals surface area contributed by atoms with Crippen molar-refractivity contribution in [1.29, 1.82) is 0 Å². The summed E-state index contributed by atoms with van der Waals surface area (Å²) in [6.07, 6.45) is 5.52. The molecule has 5 N–H and O–H groups in total. The summed E-state index contributed by atoms with van der Waals surface area (Å²) in [6.45, 7) is -0.512. The molecule has 1 aromatic carbocycles. The van der Waals surface area contributed by atoms with Crippen LogP contribution in [0.15, 0.2) is 36.5 Å². The number of aliphatic hydroxyl groups is 1. The number of hydrogen-bond acceptors (Lipinski definition) is 5. The molecule has 27 heavy (non-hydrogen) atoms. The van der Waals surface area contributed by atoms with E-state index in [1.54, 1.807) is 7.05 Å². The lowest BCUT2D eigenvalue weighted by Crippen LogP contribution is -2.31. The first kappa shape index (κ1) is 17.3. The Bertz CT molecular complexity index is 948. The molecule has 4 rings (SSSR count). The molecule has 8 nitrogen and oxygen atoms in total. The number of hydrogen-bond donors (Lipinski definition) is 4. The summed E-state index contributed by atoms with van der Waals surface area (Å²) in [5.74, 6) is 1.23. The molecule has 1 fully saturated rings. The van der Waals surface area contributed by atoms with Crippen LogP contribution in [0, 0.1) is 0 Å². The number of anilines is 4. The first-order valence-electron chi connectivity index (χ1n) is 9.05. The summed E-state index contributed by atoms with van der Waals surface area (Å²) in [7, 11) is 1.63. The van der Waals surface area contributed by atoms with Crippen LogP contribution in [0.4, 0.5) is 23.1 Å². The van der Waals surface area contributed by atoms with E-state index < -0.39 is 6.61 Å². The highest BCUT2D eigenvalue weighted by Gasteiger charge is 2.22. The molecule has 2 heterocycles. The minimum Gasteiger partial charge on any atom is -0.387 e. The Morgan fingerprint density at radius 3 is 2.78 bits per heavy atom. The largest absolute Gasteiger partial charge is 0.387 e. The number of rotatable bonds is 6. The smallest absolute Gasteiger partial charge is 0.351 e. The van der Waals surface area contributed by atoms with E-state index in [1.807, 2.05) is 36.5 Å². The molecule has 1 aliphatic rings. The minimum atomic E-state index is -0.512. The Kier molecular flexibility index (Phi) is 4.64. The van der Waals surface area contributed by atoms with Gasteiger partial charge in [0.05, 0.1) is 17.1 Å². The lowest BCUT2D eigenvalue weighted by atomic mass is 9.93. The molecule has 0 radical (unpaired) electrons. The summed E-state index contributed by atoms with van der Waals surface area (Å²) >= 11 is 0. The van der Waals surface area contributed by atoms with Gasteiger partial charge in [-0.2, -0.15) is 0 Å². The van der Waals surface area contributed by atoms with Crippen molar-refractivity contribution in [2.75, 3.05) is 29.2 Å². The van der Waals surface area contributed by atoms with Gasteiger partial charge in [-0.05, 0) is 49.6 Å². The highest BCUT2D eigenvalue weighted by atomic mass is 16.3. The van der Waals surface area contributed by atoms with Gasteiger partial charge < -0.3 is 20.3 Å². The summed E-state index contributed by atoms with van der Waals surface area (Å²) in [5, 5.41) is 16.8. The van der Waals surface area contributed by atoms with Crippen molar-refractivity contribution in [1.82, 2.24) is 9.97 Å². The van der Waals surface area contributed by atoms with Gasteiger partial charge in [-0.15, -0.1) is 0 Å². The van der Waals surface area contributed by atoms with Gasteiger partial charge >= 0.3 is 5.95 Å². The summed E-state index contributed by atoms with van der Waals surface area (Å²) < 4.78 is 0. The minimum absolute atomic E-state index is 0.352. The van der Waals surface area contributed by atoms with Gasteiger partial charge in [0.1, 0.15) is 6.61 Å². The number of aromatic amines is 2. The second kappa shape index (κ2) is 7.24. The van der Waals surface area contributed by atoms with E-state index in [4.69, 9.17) is 5.11 Å². The number of benzene rings is 1. The molecule has 3 aromatic rings. The zero-order chi connectivity index (χ0) is 18.8. The SMILES string of the molecule is CN(C(=O)CO)c1ccc(Nc2nc3[nH]ccc3c(NC3CCC3)[nH+]2)cc1. The van der Waals surface area contributed by atoms with E-state index in [0.29, 0.717) is 17.7 Å². The van der Waals surface area contributed by atoms with Crippen LogP contribution in [-0.4, -0.2) is 40.7 Å². The fourth-order valence-electron chi connectivity index (χ4n) is 3.07. The number of nitrogens with zero attached hydrogens (tertiary/aromatic N) is 2. The standard InChI is InChI=1S/C19H22N6O2/c1-25(16(27)11-26)14-7-5-13(6-8-14)22-19-23-17-15(9-10-20-17)18(24-19)21-12-3-2-4-12/h5-10,12,26H,2-4,11H2,1H3,(H3,20,21,22,23,24)/p+1. The van der Waals surface area contributed by atoms with Gasteiger partial charge in [-0.3, -0.25) is 10.1 Å². The van der Waals surface area contributed by atoms with E-state index >= 15 is 0 Å². The number of aliphatic hydroxyl groups excluding tert-OH is 1. The second-order valence-corrected chi connectivity index (χ2v) is 6.76. The fraction of sp³-hybridized carbons (Fsp3) is 0.316. The third-order valence-electron chi connectivity index (χ3n) is 4.94. The monoisotopic (exact) mass is 367 g/mol. The average molecular weight is 367 g/mol. The highest BCUT2D eigenvalue weighted by molar-refractivity contribution is 5.93. The van der Waals surface area contributed by atoms with Gasteiger partial charge in [-0.25, -0.2) is 4.98 Å². The number of amides is 1. The van der Waals surface area contributed by atoms with Gasteiger partial charge in [-0.1, -0.05) is 4.98 Å². The number of likely N-dealkylation sites (N-methyl/N-ethyl adjacent to an activating group) is 1. The molecule has 8 heteroatoms. The van der Waals surface area contributed by atoms with Crippen LogP contribution in [0.1, 0.15) is 19.3 Å². The van der Waals surface area contributed by atoms with E-state index in [0.717, 1.165) is 22.5 Å². The van der Waals surface area contributed by atoms with Gasteiger partial charge in [0.25, 0.3) is 5.91 Å². The molecule has 1 aliphatic carbocycles. The zero-order valence-corrected chi connectivity index (χ0v) is 15.1. The Morgan fingerprint density at radius 1 is 1.33 bits per heavy atom. The first-order valence-corrected chi connectivity index (χ1v) is 9.05. The summed E-state index contributed by atoms with van der Waals surface area (Å²) in [4.78, 5) is 24.1. The first-order chi connectivity index (χ1) is 13.1. The summed E-state index contributed by atoms with van der Waals surface area (Å²) in [6, 6.07) is 9.88. The Morgan fingerprint density at radius 2 is 2.11 bits per heavy atom. The molecule has 2 aromatic heterocycles. The molecule has 1 amide bonds. The maximum absolute atomic E-state index is 11.6. The number of aromatic nitrogens is 3. The van der Waals surface area contributed by atoms with E-state index in [-0.39, 0.29) is 5.91 Å². The van der Waals surface area contributed by atoms with Crippen LogP contribution in [0.3, 0.4) is 0 Å². The van der Waals surface area contributed by atoms with Crippen LogP contribution >= 0.6 is 0 Å². The van der Waals surface area contributed by atoms with Crippen molar-refractivity contribution in [3.8, 4) is 0 Å². The number of H-pyrrole nitrogens is 2. The zero-order valence-electron chi connectivity index (χ0n) is 15.1. The molecular weight excluding hydrogens is 344 g/mol. The van der Waals surface area contributed by atoms with Crippen molar-refractivity contribution in [2.24, 2.45) is 0 Å². The van der Waals surface area contributed by atoms with Crippen molar-refractivity contribution in [3.05, 3.63) is 36.5 Å². The van der Waals surface area contributed by atoms with Crippen molar-refractivity contribution >= 4 is 40.1 Å². The predicted molar refractivity (Wildman–Crippen MR) is 104 cm³/mol. The van der Waals surface area contributed by atoms with Crippen LogP contribution in [0.5, 0.6) is 0 Å². The molecule has 0 atom stereocenters. The van der Waals surface area contributed by atoms with Crippen LogP contribution in [0.2, 0.25) is 0 Å². The maximum Gasteiger partial charge on any atom is 0.351 e. The lowest BCUT2D eigenvalue weighted by molar-refractivity contribution is -0.346. The van der Waals surface area contributed by atoms with Gasteiger partial charge in [0.15, 0.2) is 0 Å². The third kappa shape index (κ3) is 3.56. The van der Waals surface area contributed by atoms with Gasteiger partial charge in [0, 0.05) is 18.9 Å². The van der Waals surface area contributed by atoms with Crippen LogP contribution in [-0.2, 0) is 4.79 Å². The topological polar surface area (TPSA) is 107 Å². The lowest BCUT2D eigenvalue weighted by Gasteiger charge is -2.24. The molecule has 0 spiro atoms. The molecule has 1 saturated carbocycles. The Hall–Kier alpha value is -3.13. The van der Waals surface area contributed by atoms with Crippen LogP contribution in [0.25, 0.3) is 11.0 Å². The normalized spacial score (nSPS) is 14.0. The Balaban J connectivity index is 1.55. The number of carbonyl (C=O) groups is 1. The molecule has 0 bridgehead atoms. The second-order valence-electron chi connectivity index (χ2n) is 6.76. The highest BCUT2D eigenvalue weighted by Crippen LogP contribution is 2.26. The number of fused-ring (bicyclic) bond motifs is 1. The fourth-order valence-corrected chi connectivity index (χ4v) is 3.07. The van der Waals surface area contributed by atoms with Gasteiger partial charge in [0.2, 0.25) is 11.5 Å². The average Bonchev–Trinajstić information content (AvgIpc) is 3.12. The van der Waals surface area contributed by atoms with Crippen molar-refractivity contribution in [3.63, 3.8) is 0 Å². The van der Waals surface area contributed by atoms with Crippen molar-refractivity contribution < 1.29 is 14.9 Å². The molecule has 140 valence electrons. The molecule has 0 unspecified atom stereocenters. The van der Waals surface area contributed by atoms with E-state index in [2.05, 4.69) is 25.6 Å². The maximum atomic E-state index is 11.6. The molecular formula is C19H23N6O2+. The Labute approximate surface area is 156 Å². The molecule has 0 saturated heterocycles. The molecule has 0 aliphatic heterocycles. The quantitative estimate of drug-likeness (QED) is 0.533. The van der Waals surface area contributed by atoms with Crippen LogP contribution < -0.4 is 20.5 Å². The van der Waals surface area contributed by atoms with E-state index in [1.165, 1.54) is 24.2 Å². The predicted octanol–water partition coefficient (Wildman–Crippen LogP) is 2.04. The van der Waals surface area contributed by atoms with E-state index in [9.17, 15) is 4.79 Å². The number of carbonyl (C=O) groups excluding carboxylic acids is 1. The number of nitrogens with one attached hydrogen (secondary N) is 4.